The molecule has 6 heteroatoms. The second-order valence-electron chi connectivity index (χ2n) is 6.26. The van der Waals surface area contributed by atoms with E-state index in [1.807, 2.05) is 30.3 Å². The van der Waals surface area contributed by atoms with Gasteiger partial charge in [-0.3, -0.25) is 4.79 Å². The zero-order valence-corrected chi connectivity index (χ0v) is 14.3. The number of carbonyl (C=O) groups excluding carboxylic acids is 1. The quantitative estimate of drug-likeness (QED) is 0.797. The van der Waals surface area contributed by atoms with Crippen LogP contribution in [0.15, 0.2) is 40.9 Å². The van der Waals surface area contributed by atoms with Crippen LogP contribution in [0.1, 0.15) is 41.1 Å². The van der Waals surface area contributed by atoms with Crippen molar-refractivity contribution in [2.75, 3.05) is 19.8 Å². The van der Waals surface area contributed by atoms with Crippen LogP contribution in [0.2, 0.25) is 0 Å². The number of rotatable bonds is 8. The Bertz CT molecular complexity index is 650. The molecular formula is C19H24N2O4. The molecule has 0 spiro atoms. The Labute approximate surface area is 147 Å². The zero-order valence-electron chi connectivity index (χ0n) is 14.3. The summed E-state index contributed by atoms with van der Waals surface area (Å²) in [5.41, 5.74) is 1.39. The number of nitrogens with zero attached hydrogens (tertiary/aromatic N) is 1. The van der Waals surface area contributed by atoms with E-state index in [-0.39, 0.29) is 12.5 Å². The van der Waals surface area contributed by atoms with E-state index in [9.17, 15) is 4.79 Å². The van der Waals surface area contributed by atoms with Gasteiger partial charge in [0.25, 0.3) is 5.91 Å². The minimum atomic E-state index is -0.204. The van der Waals surface area contributed by atoms with Gasteiger partial charge < -0.3 is 19.3 Å². The highest BCUT2D eigenvalue weighted by molar-refractivity contribution is 5.92. The number of benzene rings is 1. The second-order valence-corrected chi connectivity index (χ2v) is 6.26. The maximum atomic E-state index is 12.1. The van der Waals surface area contributed by atoms with E-state index in [0.29, 0.717) is 30.5 Å². The Morgan fingerprint density at radius 2 is 2.00 bits per heavy atom. The van der Waals surface area contributed by atoms with Gasteiger partial charge >= 0.3 is 0 Å². The minimum Gasteiger partial charge on any atom is -0.381 e. The number of hydrogen-bond donors (Lipinski definition) is 1. The molecule has 0 radical (unpaired) electrons. The van der Waals surface area contributed by atoms with E-state index >= 15 is 0 Å². The molecule has 1 aliphatic rings. The van der Waals surface area contributed by atoms with E-state index in [1.54, 1.807) is 6.07 Å². The van der Waals surface area contributed by atoms with Crippen LogP contribution in [-0.4, -0.2) is 30.8 Å². The standard InChI is InChI=1S/C19H24N2O4/c22-19(20-9-6-15-7-10-23-11-8-15)18-12-17(25-21-18)14-24-13-16-4-2-1-3-5-16/h1-5,12,15H,6-11,13-14H2,(H,20,22). The first-order chi connectivity index (χ1) is 12.3. The van der Waals surface area contributed by atoms with Crippen molar-refractivity contribution >= 4 is 5.91 Å². The fourth-order valence-corrected chi connectivity index (χ4v) is 2.85. The largest absolute Gasteiger partial charge is 0.381 e. The van der Waals surface area contributed by atoms with Crippen molar-refractivity contribution in [1.82, 2.24) is 10.5 Å². The van der Waals surface area contributed by atoms with Gasteiger partial charge in [0.2, 0.25) is 0 Å². The summed E-state index contributed by atoms with van der Waals surface area (Å²) in [6.45, 7) is 3.09. The molecule has 134 valence electrons. The van der Waals surface area contributed by atoms with Gasteiger partial charge in [0.1, 0.15) is 6.61 Å². The van der Waals surface area contributed by atoms with E-state index in [4.69, 9.17) is 14.0 Å². The maximum Gasteiger partial charge on any atom is 0.273 e. The van der Waals surface area contributed by atoms with Crippen LogP contribution >= 0.6 is 0 Å². The molecule has 25 heavy (non-hydrogen) atoms. The molecule has 2 heterocycles. The van der Waals surface area contributed by atoms with Crippen LogP contribution in [0.5, 0.6) is 0 Å². The van der Waals surface area contributed by atoms with Crippen molar-refractivity contribution in [1.29, 1.82) is 0 Å². The lowest BCUT2D eigenvalue weighted by atomic mass is 9.97. The Kier molecular flexibility index (Phi) is 6.59. The van der Waals surface area contributed by atoms with Crippen molar-refractivity contribution in [3.05, 3.63) is 53.4 Å². The Morgan fingerprint density at radius 1 is 1.20 bits per heavy atom. The summed E-state index contributed by atoms with van der Waals surface area (Å²) in [5, 5.41) is 6.72. The molecule has 1 fully saturated rings. The molecular weight excluding hydrogens is 320 g/mol. The molecule has 0 bridgehead atoms. The summed E-state index contributed by atoms with van der Waals surface area (Å²) >= 11 is 0. The molecule has 1 aromatic carbocycles. The Hall–Kier alpha value is -2.18. The predicted octanol–water partition coefficient (Wildman–Crippen LogP) is 2.94. The van der Waals surface area contributed by atoms with E-state index in [0.717, 1.165) is 38.0 Å². The Balaban J connectivity index is 1.37. The number of hydrogen-bond acceptors (Lipinski definition) is 5. The predicted molar refractivity (Wildman–Crippen MR) is 91.9 cm³/mol. The molecule has 0 aliphatic carbocycles. The van der Waals surface area contributed by atoms with Crippen molar-refractivity contribution in [3.8, 4) is 0 Å². The van der Waals surface area contributed by atoms with Gasteiger partial charge in [0, 0.05) is 25.8 Å². The summed E-state index contributed by atoms with van der Waals surface area (Å²) in [4.78, 5) is 12.1. The summed E-state index contributed by atoms with van der Waals surface area (Å²) in [6, 6.07) is 11.5. The van der Waals surface area contributed by atoms with Gasteiger partial charge in [-0.05, 0) is 30.7 Å². The van der Waals surface area contributed by atoms with Gasteiger partial charge in [0.05, 0.1) is 6.61 Å². The topological polar surface area (TPSA) is 73.6 Å². The first kappa shape index (κ1) is 17.6. The van der Waals surface area contributed by atoms with Gasteiger partial charge in [0.15, 0.2) is 11.5 Å². The third kappa shape index (κ3) is 5.69. The van der Waals surface area contributed by atoms with Crippen molar-refractivity contribution in [2.24, 2.45) is 5.92 Å². The number of ether oxygens (including phenoxy) is 2. The van der Waals surface area contributed by atoms with E-state index in [1.165, 1.54) is 0 Å². The second kappa shape index (κ2) is 9.34. The zero-order chi connectivity index (χ0) is 17.3. The molecule has 1 amide bonds. The molecule has 6 nitrogen and oxygen atoms in total. The van der Waals surface area contributed by atoms with Crippen LogP contribution in [0.3, 0.4) is 0 Å². The molecule has 1 aliphatic heterocycles. The molecule has 0 saturated carbocycles. The fourth-order valence-electron chi connectivity index (χ4n) is 2.85. The Morgan fingerprint density at radius 3 is 2.80 bits per heavy atom. The van der Waals surface area contributed by atoms with Crippen LogP contribution in [0, 0.1) is 5.92 Å². The molecule has 1 saturated heterocycles. The summed E-state index contributed by atoms with van der Waals surface area (Å²) in [6.07, 6.45) is 3.12. The number of nitrogens with one attached hydrogen (secondary N) is 1. The average Bonchev–Trinajstić information content (AvgIpc) is 3.12. The highest BCUT2D eigenvalue weighted by atomic mass is 16.5. The van der Waals surface area contributed by atoms with Crippen LogP contribution < -0.4 is 5.32 Å². The van der Waals surface area contributed by atoms with Crippen molar-refractivity contribution in [2.45, 2.75) is 32.5 Å². The van der Waals surface area contributed by atoms with Gasteiger partial charge in [-0.1, -0.05) is 35.5 Å². The van der Waals surface area contributed by atoms with Crippen molar-refractivity contribution in [3.63, 3.8) is 0 Å². The third-order valence-corrected chi connectivity index (χ3v) is 4.33. The summed E-state index contributed by atoms with van der Waals surface area (Å²) < 4.78 is 16.1. The summed E-state index contributed by atoms with van der Waals surface area (Å²) in [7, 11) is 0. The van der Waals surface area contributed by atoms with Crippen LogP contribution in [0.25, 0.3) is 0 Å². The van der Waals surface area contributed by atoms with E-state index < -0.39 is 0 Å². The normalized spacial score (nSPS) is 15.2. The fraction of sp³-hybridized carbons (Fsp3) is 0.474. The monoisotopic (exact) mass is 344 g/mol. The molecule has 3 rings (SSSR count). The first-order valence-corrected chi connectivity index (χ1v) is 8.74. The number of aromatic nitrogens is 1. The molecule has 0 unspecified atom stereocenters. The third-order valence-electron chi connectivity index (χ3n) is 4.33. The lowest BCUT2D eigenvalue weighted by Gasteiger charge is -2.21. The molecule has 2 aromatic rings. The van der Waals surface area contributed by atoms with Crippen LogP contribution in [-0.2, 0) is 22.7 Å². The number of amides is 1. The van der Waals surface area contributed by atoms with Gasteiger partial charge in [-0.2, -0.15) is 0 Å². The van der Waals surface area contributed by atoms with Crippen LogP contribution in [0.4, 0.5) is 0 Å². The number of carbonyl (C=O) groups is 1. The molecule has 1 N–H and O–H groups in total. The lowest BCUT2D eigenvalue weighted by Crippen LogP contribution is -2.27. The smallest absolute Gasteiger partial charge is 0.273 e. The highest BCUT2D eigenvalue weighted by Gasteiger charge is 2.16. The van der Waals surface area contributed by atoms with Crippen molar-refractivity contribution < 1.29 is 18.8 Å². The lowest BCUT2D eigenvalue weighted by molar-refractivity contribution is 0.0635. The van der Waals surface area contributed by atoms with Gasteiger partial charge in [-0.15, -0.1) is 0 Å². The van der Waals surface area contributed by atoms with Gasteiger partial charge in [-0.25, -0.2) is 0 Å². The first-order valence-electron chi connectivity index (χ1n) is 8.74. The maximum absolute atomic E-state index is 12.1. The SMILES string of the molecule is O=C(NCCC1CCOCC1)c1cc(COCc2ccccc2)on1. The average molecular weight is 344 g/mol. The molecule has 1 aromatic heterocycles. The summed E-state index contributed by atoms with van der Waals surface area (Å²) in [5.74, 6) is 0.976. The highest BCUT2D eigenvalue weighted by Crippen LogP contribution is 2.17. The minimum absolute atomic E-state index is 0.204. The molecule has 0 atom stereocenters. The van der Waals surface area contributed by atoms with E-state index in [2.05, 4.69) is 10.5 Å².